The molecule has 1 saturated carbocycles. The molecule has 1 aromatic rings. The van der Waals surface area contributed by atoms with Gasteiger partial charge in [-0.2, -0.15) is 0 Å². The van der Waals surface area contributed by atoms with E-state index in [0.29, 0.717) is 18.7 Å². The second kappa shape index (κ2) is 7.21. The number of rotatable bonds is 5. The summed E-state index contributed by atoms with van der Waals surface area (Å²) in [5.74, 6) is -1.20. The van der Waals surface area contributed by atoms with Gasteiger partial charge in [0.1, 0.15) is 5.75 Å². The smallest absolute Gasteiger partial charge is 0.330 e. The Bertz CT molecular complexity index is 772. The van der Waals surface area contributed by atoms with E-state index in [-0.39, 0.29) is 24.3 Å². The van der Waals surface area contributed by atoms with Crippen molar-refractivity contribution in [3.63, 3.8) is 0 Å². The van der Waals surface area contributed by atoms with Crippen molar-refractivity contribution < 1.29 is 24.2 Å². The van der Waals surface area contributed by atoms with Crippen molar-refractivity contribution in [1.29, 1.82) is 0 Å². The number of likely N-dealkylation sites (tertiary alicyclic amines) is 1. The molecule has 2 unspecified atom stereocenters. The SMILES string of the molecule is O=C(NC(C(=O)O)c1ccc2c(c1)CCO2)C1CC(=O)N(C2CCCC2)C1. The predicted octanol–water partition coefficient (Wildman–Crippen LogP) is 1.65. The third kappa shape index (κ3) is 3.50. The van der Waals surface area contributed by atoms with Crippen LogP contribution in [-0.2, 0) is 20.8 Å². The van der Waals surface area contributed by atoms with E-state index >= 15 is 0 Å². The molecule has 1 aromatic carbocycles. The standard InChI is InChI=1S/C20H24N2O5/c23-17-10-14(11-22(17)15-3-1-2-4-15)19(24)21-18(20(25)26)13-5-6-16-12(9-13)7-8-27-16/h5-6,9,14-15,18H,1-4,7-8,10-11H2,(H,21,24)(H,25,26). The molecule has 1 aliphatic carbocycles. The number of nitrogens with zero attached hydrogens (tertiary/aromatic N) is 1. The van der Waals surface area contributed by atoms with Crippen molar-refractivity contribution in [2.45, 2.75) is 50.6 Å². The molecule has 3 aliphatic rings. The van der Waals surface area contributed by atoms with E-state index in [9.17, 15) is 19.5 Å². The fraction of sp³-hybridized carbons (Fsp3) is 0.550. The van der Waals surface area contributed by atoms with Gasteiger partial charge in [-0.1, -0.05) is 18.9 Å². The lowest BCUT2D eigenvalue weighted by molar-refractivity contribution is -0.142. The number of aliphatic carboxylic acids is 1. The Hall–Kier alpha value is -2.57. The van der Waals surface area contributed by atoms with Crippen LogP contribution in [0.3, 0.4) is 0 Å². The lowest BCUT2D eigenvalue weighted by atomic mass is 10.0. The monoisotopic (exact) mass is 372 g/mol. The molecule has 2 atom stereocenters. The molecule has 2 fully saturated rings. The average Bonchev–Trinajstić information content (AvgIpc) is 3.38. The molecule has 0 radical (unpaired) electrons. The van der Waals surface area contributed by atoms with Crippen LogP contribution in [0, 0.1) is 5.92 Å². The number of carbonyl (C=O) groups is 3. The van der Waals surface area contributed by atoms with Crippen LogP contribution in [0.2, 0.25) is 0 Å². The van der Waals surface area contributed by atoms with Gasteiger partial charge < -0.3 is 20.1 Å². The second-order valence-corrected chi connectivity index (χ2v) is 7.63. The highest BCUT2D eigenvalue weighted by molar-refractivity contribution is 5.91. The Morgan fingerprint density at radius 3 is 2.78 bits per heavy atom. The minimum Gasteiger partial charge on any atom is -0.493 e. The van der Waals surface area contributed by atoms with Gasteiger partial charge in [-0.15, -0.1) is 0 Å². The number of amides is 2. The van der Waals surface area contributed by atoms with E-state index in [4.69, 9.17) is 4.74 Å². The van der Waals surface area contributed by atoms with E-state index in [2.05, 4.69) is 5.32 Å². The molecule has 2 heterocycles. The largest absolute Gasteiger partial charge is 0.493 e. The second-order valence-electron chi connectivity index (χ2n) is 7.63. The van der Waals surface area contributed by atoms with Gasteiger partial charge in [0.15, 0.2) is 6.04 Å². The molecular formula is C20H24N2O5. The van der Waals surface area contributed by atoms with Crippen molar-refractivity contribution in [2.24, 2.45) is 5.92 Å². The van der Waals surface area contributed by atoms with Crippen molar-refractivity contribution in [3.8, 4) is 5.75 Å². The molecule has 7 heteroatoms. The zero-order valence-electron chi connectivity index (χ0n) is 15.1. The van der Waals surface area contributed by atoms with Crippen molar-refractivity contribution in [2.75, 3.05) is 13.2 Å². The Morgan fingerprint density at radius 2 is 2.04 bits per heavy atom. The molecule has 2 N–H and O–H groups in total. The minimum absolute atomic E-state index is 0.00334. The van der Waals surface area contributed by atoms with E-state index in [1.807, 2.05) is 4.90 Å². The third-order valence-corrected chi connectivity index (χ3v) is 5.88. The van der Waals surface area contributed by atoms with Crippen molar-refractivity contribution in [1.82, 2.24) is 10.2 Å². The maximum Gasteiger partial charge on any atom is 0.330 e. The van der Waals surface area contributed by atoms with Crippen LogP contribution < -0.4 is 10.1 Å². The first-order chi connectivity index (χ1) is 13.0. The number of fused-ring (bicyclic) bond motifs is 1. The summed E-state index contributed by atoms with van der Waals surface area (Å²) in [4.78, 5) is 38.6. The predicted molar refractivity (Wildman–Crippen MR) is 96.2 cm³/mol. The molecule has 4 rings (SSSR count). The van der Waals surface area contributed by atoms with Crippen LogP contribution in [0.1, 0.15) is 49.3 Å². The Balaban J connectivity index is 1.45. The number of ether oxygens (including phenoxy) is 1. The highest BCUT2D eigenvalue weighted by atomic mass is 16.5. The number of hydrogen-bond donors (Lipinski definition) is 2. The summed E-state index contributed by atoms with van der Waals surface area (Å²) in [6.07, 6.45) is 5.12. The normalized spacial score (nSPS) is 23.2. The first-order valence-electron chi connectivity index (χ1n) is 9.61. The number of carboxylic acids is 1. The molecule has 144 valence electrons. The number of benzene rings is 1. The zero-order valence-corrected chi connectivity index (χ0v) is 15.1. The Kier molecular flexibility index (Phi) is 4.76. The summed E-state index contributed by atoms with van der Waals surface area (Å²) in [7, 11) is 0. The molecule has 2 amide bonds. The lowest BCUT2D eigenvalue weighted by Gasteiger charge is -2.24. The Morgan fingerprint density at radius 1 is 1.26 bits per heavy atom. The highest BCUT2D eigenvalue weighted by Crippen LogP contribution is 2.31. The maximum atomic E-state index is 12.7. The summed E-state index contributed by atoms with van der Waals surface area (Å²) in [6, 6.07) is 4.32. The molecule has 27 heavy (non-hydrogen) atoms. The highest BCUT2D eigenvalue weighted by Gasteiger charge is 2.39. The molecule has 0 bridgehead atoms. The molecule has 7 nitrogen and oxygen atoms in total. The number of carbonyl (C=O) groups excluding carboxylic acids is 2. The zero-order chi connectivity index (χ0) is 19.0. The van der Waals surface area contributed by atoms with Crippen molar-refractivity contribution >= 4 is 17.8 Å². The number of carboxylic acid groups (broad SMARTS) is 1. The molecule has 0 aromatic heterocycles. The van der Waals surface area contributed by atoms with Crippen LogP contribution in [0.15, 0.2) is 18.2 Å². The van der Waals surface area contributed by atoms with Crippen LogP contribution >= 0.6 is 0 Å². The van der Waals surface area contributed by atoms with Crippen LogP contribution in [0.25, 0.3) is 0 Å². The van der Waals surface area contributed by atoms with Crippen molar-refractivity contribution in [3.05, 3.63) is 29.3 Å². The van der Waals surface area contributed by atoms with Gasteiger partial charge >= 0.3 is 5.97 Å². The summed E-state index contributed by atoms with van der Waals surface area (Å²) in [6.45, 7) is 0.976. The van der Waals surface area contributed by atoms with E-state index in [1.165, 1.54) is 0 Å². The van der Waals surface area contributed by atoms with Crippen LogP contribution in [0.5, 0.6) is 5.75 Å². The number of nitrogens with one attached hydrogen (secondary N) is 1. The summed E-state index contributed by atoms with van der Waals surface area (Å²) >= 11 is 0. The van der Waals surface area contributed by atoms with Gasteiger partial charge in [-0.3, -0.25) is 9.59 Å². The van der Waals surface area contributed by atoms with E-state index in [0.717, 1.165) is 43.4 Å². The Labute approximate surface area is 157 Å². The van der Waals surface area contributed by atoms with E-state index < -0.39 is 17.9 Å². The quantitative estimate of drug-likeness (QED) is 0.819. The van der Waals surface area contributed by atoms with Crippen LogP contribution in [0.4, 0.5) is 0 Å². The van der Waals surface area contributed by atoms with Gasteiger partial charge in [0.2, 0.25) is 11.8 Å². The molecular weight excluding hydrogens is 348 g/mol. The van der Waals surface area contributed by atoms with Gasteiger partial charge in [-0.25, -0.2) is 4.79 Å². The van der Waals surface area contributed by atoms with Crippen LogP contribution in [-0.4, -0.2) is 47.0 Å². The fourth-order valence-corrected chi connectivity index (χ4v) is 4.41. The number of hydrogen-bond acceptors (Lipinski definition) is 4. The van der Waals surface area contributed by atoms with Gasteiger partial charge in [0, 0.05) is 25.4 Å². The van der Waals surface area contributed by atoms with Gasteiger partial charge in [-0.05, 0) is 36.1 Å². The molecule has 1 saturated heterocycles. The molecule has 0 spiro atoms. The van der Waals surface area contributed by atoms with Gasteiger partial charge in [0.05, 0.1) is 12.5 Å². The first-order valence-corrected chi connectivity index (χ1v) is 9.61. The topological polar surface area (TPSA) is 95.9 Å². The maximum absolute atomic E-state index is 12.7. The fourth-order valence-electron chi connectivity index (χ4n) is 4.41. The summed E-state index contributed by atoms with van der Waals surface area (Å²) in [5, 5.41) is 12.3. The summed E-state index contributed by atoms with van der Waals surface area (Å²) < 4.78 is 5.45. The summed E-state index contributed by atoms with van der Waals surface area (Å²) in [5.41, 5.74) is 1.48. The average molecular weight is 372 g/mol. The third-order valence-electron chi connectivity index (χ3n) is 5.88. The lowest BCUT2D eigenvalue weighted by Crippen LogP contribution is -2.40. The minimum atomic E-state index is -1.13. The van der Waals surface area contributed by atoms with E-state index in [1.54, 1.807) is 18.2 Å². The molecule has 2 aliphatic heterocycles. The van der Waals surface area contributed by atoms with Gasteiger partial charge in [0.25, 0.3) is 0 Å². The first kappa shape index (κ1) is 17.8.